The van der Waals surface area contributed by atoms with E-state index in [1.807, 2.05) is 0 Å². The third-order valence-corrected chi connectivity index (χ3v) is 3.90. The van der Waals surface area contributed by atoms with Gasteiger partial charge in [-0.15, -0.1) is 0 Å². The van der Waals surface area contributed by atoms with E-state index in [0.29, 0.717) is 22.9 Å². The van der Waals surface area contributed by atoms with E-state index in [-0.39, 0.29) is 0 Å². The predicted octanol–water partition coefficient (Wildman–Crippen LogP) is 4.50. The second-order valence-electron chi connectivity index (χ2n) is 4.95. The van der Waals surface area contributed by atoms with Crippen LogP contribution in [0.2, 0.25) is 5.02 Å². The fraction of sp³-hybridized carbons (Fsp3) is 0.533. The summed E-state index contributed by atoms with van der Waals surface area (Å²) >= 11 is 6.05. The van der Waals surface area contributed by atoms with E-state index in [4.69, 9.17) is 16.3 Å². The van der Waals surface area contributed by atoms with Gasteiger partial charge in [0.15, 0.2) is 0 Å². The van der Waals surface area contributed by atoms with E-state index >= 15 is 0 Å². The smallest absolute Gasteiger partial charge is 0.150 e. The number of benzene rings is 1. The van der Waals surface area contributed by atoms with Crippen LogP contribution in [0.1, 0.15) is 48.9 Å². The van der Waals surface area contributed by atoms with Crippen molar-refractivity contribution in [2.24, 2.45) is 5.92 Å². The Morgan fingerprint density at radius 3 is 2.72 bits per heavy atom. The first-order chi connectivity index (χ1) is 8.79. The van der Waals surface area contributed by atoms with Gasteiger partial charge < -0.3 is 4.74 Å². The third kappa shape index (κ3) is 3.74. The predicted molar refractivity (Wildman–Crippen MR) is 73.5 cm³/mol. The number of hydrogen-bond donors (Lipinski definition) is 0. The molecule has 0 heterocycles. The molecule has 98 valence electrons. The minimum absolute atomic E-state index is 0.517. The Labute approximate surface area is 113 Å². The lowest BCUT2D eigenvalue weighted by molar-refractivity contribution is 0.112. The summed E-state index contributed by atoms with van der Waals surface area (Å²) in [6.45, 7) is 0.713. The summed E-state index contributed by atoms with van der Waals surface area (Å²) in [5.74, 6) is 1.49. The molecule has 0 unspecified atom stereocenters. The molecule has 0 bridgehead atoms. The minimum Gasteiger partial charge on any atom is -0.492 e. The monoisotopic (exact) mass is 266 g/mol. The van der Waals surface area contributed by atoms with Gasteiger partial charge in [-0.2, -0.15) is 0 Å². The number of halogens is 1. The second-order valence-corrected chi connectivity index (χ2v) is 5.36. The van der Waals surface area contributed by atoms with Gasteiger partial charge in [-0.3, -0.25) is 4.79 Å². The summed E-state index contributed by atoms with van der Waals surface area (Å²) in [6, 6.07) is 5.15. The maximum absolute atomic E-state index is 10.6. The average Bonchev–Trinajstić information content (AvgIpc) is 2.42. The van der Waals surface area contributed by atoms with Crippen LogP contribution in [0.3, 0.4) is 0 Å². The fourth-order valence-corrected chi connectivity index (χ4v) is 2.76. The molecule has 0 saturated heterocycles. The maximum atomic E-state index is 10.6. The van der Waals surface area contributed by atoms with Crippen molar-refractivity contribution in [3.63, 3.8) is 0 Å². The topological polar surface area (TPSA) is 26.3 Å². The van der Waals surface area contributed by atoms with Crippen LogP contribution >= 0.6 is 11.6 Å². The minimum atomic E-state index is 0.517. The molecule has 1 aromatic rings. The number of rotatable bonds is 5. The quantitative estimate of drug-likeness (QED) is 0.734. The molecule has 0 amide bonds. The van der Waals surface area contributed by atoms with Crippen LogP contribution in [0.25, 0.3) is 0 Å². The van der Waals surface area contributed by atoms with Crippen molar-refractivity contribution < 1.29 is 9.53 Å². The number of aldehydes is 1. The molecular weight excluding hydrogens is 248 g/mol. The van der Waals surface area contributed by atoms with Crippen LogP contribution in [-0.2, 0) is 0 Å². The van der Waals surface area contributed by atoms with E-state index in [0.717, 1.165) is 18.6 Å². The summed E-state index contributed by atoms with van der Waals surface area (Å²) < 4.78 is 5.69. The zero-order valence-corrected chi connectivity index (χ0v) is 11.3. The van der Waals surface area contributed by atoms with Gasteiger partial charge in [-0.25, -0.2) is 0 Å². The Kier molecular flexibility index (Phi) is 5.06. The summed E-state index contributed by atoms with van der Waals surface area (Å²) in [5.41, 5.74) is 0.583. The number of carbonyl (C=O) groups excluding carboxylic acids is 1. The molecular formula is C15H19ClO2. The van der Waals surface area contributed by atoms with Gasteiger partial charge in [0.05, 0.1) is 11.6 Å². The second kappa shape index (κ2) is 6.79. The van der Waals surface area contributed by atoms with Gasteiger partial charge in [-0.05, 0) is 30.5 Å². The molecule has 1 aliphatic rings. The summed E-state index contributed by atoms with van der Waals surface area (Å²) in [5, 5.41) is 0.517. The molecule has 0 atom stereocenters. The molecule has 0 radical (unpaired) electrons. The molecule has 1 aromatic carbocycles. The number of ether oxygens (including phenoxy) is 1. The van der Waals surface area contributed by atoms with Gasteiger partial charge in [0.2, 0.25) is 0 Å². The van der Waals surface area contributed by atoms with Crippen LogP contribution < -0.4 is 4.74 Å². The first-order valence-electron chi connectivity index (χ1n) is 6.67. The van der Waals surface area contributed by atoms with Crippen molar-refractivity contribution >= 4 is 17.9 Å². The molecule has 0 spiro atoms. The molecule has 0 aliphatic heterocycles. The molecule has 2 rings (SSSR count). The third-order valence-electron chi connectivity index (χ3n) is 3.60. The van der Waals surface area contributed by atoms with E-state index in [1.165, 1.54) is 32.1 Å². The van der Waals surface area contributed by atoms with Gasteiger partial charge in [0, 0.05) is 5.56 Å². The summed E-state index contributed by atoms with van der Waals surface area (Å²) in [4.78, 5) is 10.6. The van der Waals surface area contributed by atoms with Gasteiger partial charge in [0.1, 0.15) is 12.0 Å². The average molecular weight is 267 g/mol. The lowest BCUT2D eigenvalue weighted by Crippen LogP contribution is -2.10. The normalized spacial score (nSPS) is 16.5. The highest BCUT2D eigenvalue weighted by Gasteiger charge is 2.13. The molecule has 2 nitrogen and oxygen atoms in total. The number of hydrogen-bond acceptors (Lipinski definition) is 2. The Morgan fingerprint density at radius 2 is 2.06 bits per heavy atom. The van der Waals surface area contributed by atoms with Gasteiger partial charge in [0.25, 0.3) is 0 Å². The highest BCUT2D eigenvalue weighted by Crippen LogP contribution is 2.28. The highest BCUT2D eigenvalue weighted by atomic mass is 35.5. The standard InChI is InChI=1S/C15H19ClO2/c16-14-10-13(11-17)6-7-15(14)18-9-8-12-4-2-1-3-5-12/h6-7,10-12H,1-5,8-9H2. The Balaban J connectivity index is 1.80. The van der Waals surface area contributed by atoms with Crippen molar-refractivity contribution in [1.29, 1.82) is 0 Å². The van der Waals surface area contributed by atoms with Crippen molar-refractivity contribution in [2.45, 2.75) is 38.5 Å². The molecule has 1 aliphatic carbocycles. The molecule has 1 fully saturated rings. The number of carbonyl (C=O) groups is 1. The van der Waals surface area contributed by atoms with Crippen LogP contribution in [0, 0.1) is 5.92 Å². The van der Waals surface area contributed by atoms with Crippen LogP contribution in [0.4, 0.5) is 0 Å². The van der Waals surface area contributed by atoms with Crippen molar-refractivity contribution in [3.8, 4) is 5.75 Å². The molecule has 0 aromatic heterocycles. The SMILES string of the molecule is O=Cc1ccc(OCCC2CCCCC2)c(Cl)c1. The zero-order chi connectivity index (χ0) is 12.8. The van der Waals surface area contributed by atoms with Gasteiger partial charge in [-0.1, -0.05) is 43.7 Å². The fourth-order valence-electron chi connectivity index (χ4n) is 2.52. The molecule has 3 heteroatoms. The highest BCUT2D eigenvalue weighted by molar-refractivity contribution is 6.32. The van der Waals surface area contributed by atoms with E-state index in [9.17, 15) is 4.79 Å². The van der Waals surface area contributed by atoms with E-state index in [1.54, 1.807) is 18.2 Å². The zero-order valence-electron chi connectivity index (χ0n) is 10.5. The maximum Gasteiger partial charge on any atom is 0.150 e. The Morgan fingerprint density at radius 1 is 1.28 bits per heavy atom. The lowest BCUT2D eigenvalue weighted by atomic mass is 9.87. The van der Waals surface area contributed by atoms with Crippen LogP contribution in [-0.4, -0.2) is 12.9 Å². The summed E-state index contributed by atoms with van der Waals surface area (Å²) in [7, 11) is 0. The first kappa shape index (κ1) is 13.4. The Bertz CT molecular complexity index is 397. The van der Waals surface area contributed by atoms with Gasteiger partial charge >= 0.3 is 0 Å². The van der Waals surface area contributed by atoms with Crippen LogP contribution in [0.5, 0.6) is 5.75 Å². The van der Waals surface area contributed by atoms with Crippen LogP contribution in [0.15, 0.2) is 18.2 Å². The largest absolute Gasteiger partial charge is 0.492 e. The molecule has 18 heavy (non-hydrogen) atoms. The molecule has 0 N–H and O–H groups in total. The first-order valence-corrected chi connectivity index (χ1v) is 7.05. The van der Waals surface area contributed by atoms with Crippen molar-refractivity contribution in [3.05, 3.63) is 28.8 Å². The van der Waals surface area contributed by atoms with E-state index < -0.39 is 0 Å². The Hall–Kier alpha value is -1.02. The van der Waals surface area contributed by atoms with E-state index in [2.05, 4.69) is 0 Å². The van der Waals surface area contributed by atoms with Crippen molar-refractivity contribution in [1.82, 2.24) is 0 Å². The lowest BCUT2D eigenvalue weighted by Gasteiger charge is -2.21. The molecule has 1 saturated carbocycles. The van der Waals surface area contributed by atoms with Crippen molar-refractivity contribution in [2.75, 3.05) is 6.61 Å². The summed E-state index contributed by atoms with van der Waals surface area (Å²) in [6.07, 6.45) is 8.67.